The minimum absolute atomic E-state index is 0.395. The summed E-state index contributed by atoms with van der Waals surface area (Å²) in [5, 5.41) is 8.03. The predicted octanol–water partition coefficient (Wildman–Crippen LogP) is 0.619. The van der Waals surface area contributed by atoms with E-state index in [1.807, 2.05) is 28.7 Å². The van der Waals surface area contributed by atoms with Crippen molar-refractivity contribution in [2.45, 2.75) is 0 Å². The molecule has 4 rings (SSSR count). The van der Waals surface area contributed by atoms with E-state index >= 15 is 0 Å². The van der Waals surface area contributed by atoms with Crippen LogP contribution in [0.5, 0.6) is 0 Å². The summed E-state index contributed by atoms with van der Waals surface area (Å²) in [6.07, 6.45) is 1.60. The van der Waals surface area contributed by atoms with Gasteiger partial charge in [0.1, 0.15) is 19.0 Å². The molecule has 0 unspecified atom stereocenters. The van der Waals surface area contributed by atoms with E-state index in [0.29, 0.717) is 22.4 Å². The molecule has 0 aliphatic carbocycles. The van der Waals surface area contributed by atoms with Gasteiger partial charge in [-0.1, -0.05) is 12.1 Å². The number of aromatic nitrogens is 5. The summed E-state index contributed by atoms with van der Waals surface area (Å²) in [4.78, 5) is 8.76. The number of rotatable bonds is 0. The van der Waals surface area contributed by atoms with Crippen molar-refractivity contribution >= 4 is 41.3 Å². The van der Waals surface area contributed by atoms with Crippen LogP contribution in [-0.2, 0) is 0 Å². The van der Waals surface area contributed by atoms with Gasteiger partial charge in [-0.3, -0.25) is 9.38 Å². The Balaban J connectivity index is 2.41. The zero-order chi connectivity index (χ0) is 12.1. The first kappa shape index (κ1) is 9.53. The van der Waals surface area contributed by atoms with Gasteiger partial charge in [-0.05, 0) is 18.2 Å². The molecular formula is C12H6BN5. The summed E-state index contributed by atoms with van der Waals surface area (Å²) in [7, 11) is 5.94. The molecule has 0 aliphatic rings. The average molecular weight is 231 g/mol. The Morgan fingerprint density at radius 1 is 0.944 bits per heavy atom. The zero-order valence-corrected chi connectivity index (χ0v) is 9.28. The van der Waals surface area contributed by atoms with Gasteiger partial charge in [0.15, 0.2) is 5.65 Å². The lowest BCUT2D eigenvalue weighted by molar-refractivity contribution is 1.03. The Kier molecular flexibility index (Phi) is 1.72. The summed E-state index contributed by atoms with van der Waals surface area (Å²) in [5.74, 6) is 0. The largest absolute Gasteiger partial charge is 0.273 e. The molecule has 0 aliphatic heterocycles. The van der Waals surface area contributed by atoms with E-state index in [0.717, 1.165) is 11.0 Å². The highest BCUT2D eigenvalue weighted by Gasteiger charge is 2.11. The fourth-order valence-electron chi connectivity index (χ4n) is 2.16. The van der Waals surface area contributed by atoms with Crippen molar-refractivity contribution in [3.05, 3.63) is 36.5 Å². The molecule has 3 heterocycles. The van der Waals surface area contributed by atoms with Gasteiger partial charge < -0.3 is 0 Å². The van der Waals surface area contributed by atoms with Crippen LogP contribution in [0, 0.1) is 0 Å². The summed E-state index contributed by atoms with van der Waals surface area (Å²) in [6, 6.07) is 9.58. The summed E-state index contributed by atoms with van der Waals surface area (Å²) in [6.45, 7) is 0. The van der Waals surface area contributed by atoms with Crippen molar-refractivity contribution in [2.75, 3.05) is 0 Å². The van der Waals surface area contributed by atoms with Gasteiger partial charge in [0.05, 0.1) is 17.2 Å². The Hall–Kier alpha value is -2.50. The van der Waals surface area contributed by atoms with Gasteiger partial charge in [0.2, 0.25) is 0 Å². The first-order valence-electron chi connectivity index (χ1n) is 5.49. The van der Waals surface area contributed by atoms with Gasteiger partial charge >= 0.3 is 0 Å². The molecule has 2 radical (unpaired) electrons. The number of nitrogens with zero attached hydrogens (tertiary/aromatic N) is 5. The van der Waals surface area contributed by atoms with Crippen molar-refractivity contribution in [3.63, 3.8) is 0 Å². The lowest BCUT2D eigenvalue weighted by atomic mass is 10.1. The second-order valence-electron chi connectivity index (χ2n) is 4.00. The molecule has 4 aromatic rings. The van der Waals surface area contributed by atoms with Crippen molar-refractivity contribution < 1.29 is 0 Å². The van der Waals surface area contributed by atoms with E-state index in [1.54, 1.807) is 12.3 Å². The first-order chi connectivity index (χ1) is 8.84. The summed E-state index contributed by atoms with van der Waals surface area (Å²) >= 11 is 0. The van der Waals surface area contributed by atoms with E-state index in [2.05, 4.69) is 20.2 Å². The van der Waals surface area contributed by atoms with Crippen LogP contribution in [0.15, 0.2) is 36.5 Å². The van der Waals surface area contributed by atoms with Crippen LogP contribution in [-0.4, -0.2) is 32.4 Å². The monoisotopic (exact) mass is 231 g/mol. The molecule has 0 atom stereocenters. The van der Waals surface area contributed by atoms with Crippen LogP contribution in [0.4, 0.5) is 0 Å². The van der Waals surface area contributed by atoms with Gasteiger partial charge in [-0.25, -0.2) is 4.98 Å². The molecule has 0 bridgehead atoms. The standard InChI is InChI=1S/C12H6BN5/c13-10-12-16-7-3-1-2-4-9(7)18(12)11-8(15-10)5-6-14-17-11/h1-6H. The highest BCUT2D eigenvalue weighted by Crippen LogP contribution is 2.18. The van der Waals surface area contributed by atoms with E-state index in [1.165, 1.54) is 0 Å². The molecule has 0 spiro atoms. The SMILES string of the molecule is [B]c1nc2ccnnc2n2c1nc1ccccc12. The van der Waals surface area contributed by atoms with E-state index in [-0.39, 0.29) is 0 Å². The molecule has 3 aromatic heterocycles. The molecule has 1 aromatic carbocycles. The minimum Gasteiger partial charge on any atom is -0.273 e. The Morgan fingerprint density at radius 3 is 2.78 bits per heavy atom. The van der Waals surface area contributed by atoms with Crippen LogP contribution in [0.25, 0.3) is 27.8 Å². The molecule has 18 heavy (non-hydrogen) atoms. The third-order valence-corrected chi connectivity index (χ3v) is 2.92. The maximum absolute atomic E-state index is 5.94. The van der Waals surface area contributed by atoms with Crippen LogP contribution in [0.2, 0.25) is 0 Å². The molecule has 0 fully saturated rings. The van der Waals surface area contributed by atoms with Crippen LogP contribution in [0.1, 0.15) is 0 Å². The topological polar surface area (TPSA) is 56.0 Å². The number of hydrogen-bond acceptors (Lipinski definition) is 4. The quantitative estimate of drug-likeness (QED) is 0.416. The van der Waals surface area contributed by atoms with Crippen LogP contribution in [0.3, 0.4) is 0 Å². The molecular weight excluding hydrogens is 225 g/mol. The minimum atomic E-state index is 0.395. The second-order valence-corrected chi connectivity index (χ2v) is 4.00. The molecule has 0 saturated heterocycles. The number of hydrogen-bond donors (Lipinski definition) is 0. The van der Waals surface area contributed by atoms with Crippen LogP contribution >= 0.6 is 0 Å². The average Bonchev–Trinajstić information content (AvgIpc) is 2.79. The first-order valence-corrected chi connectivity index (χ1v) is 5.49. The Morgan fingerprint density at radius 2 is 1.83 bits per heavy atom. The summed E-state index contributed by atoms with van der Waals surface area (Å²) in [5.41, 5.74) is 4.20. The van der Waals surface area contributed by atoms with Gasteiger partial charge in [0, 0.05) is 5.59 Å². The zero-order valence-electron chi connectivity index (χ0n) is 9.28. The smallest absolute Gasteiger partial charge is 0.187 e. The molecule has 5 nitrogen and oxygen atoms in total. The van der Waals surface area contributed by atoms with Crippen molar-refractivity contribution in [1.82, 2.24) is 24.6 Å². The second kappa shape index (κ2) is 3.26. The van der Waals surface area contributed by atoms with Gasteiger partial charge in [0.25, 0.3) is 0 Å². The van der Waals surface area contributed by atoms with E-state index in [9.17, 15) is 0 Å². The summed E-state index contributed by atoms with van der Waals surface area (Å²) < 4.78 is 1.89. The lowest BCUT2D eigenvalue weighted by Crippen LogP contribution is -2.14. The molecule has 82 valence electrons. The number of fused-ring (bicyclic) bond motifs is 5. The third kappa shape index (κ3) is 1.12. The van der Waals surface area contributed by atoms with E-state index in [4.69, 9.17) is 7.85 Å². The Bertz CT molecular complexity index is 899. The molecule has 0 N–H and O–H groups in total. The van der Waals surface area contributed by atoms with Crippen LogP contribution < -0.4 is 5.59 Å². The fourth-order valence-corrected chi connectivity index (χ4v) is 2.16. The molecule has 6 heteroatoms. The normalized spacial score (nSPS) is 11.6. The predicted molar refractivity (Wildman–Crippen MR) is 69.0 cm³/mol. The number of imidazole rings is 1. The van der Waals surface area contributed by atoms with Gasteiger partial charge in [-0.15, -0.1) is 5.10 Å². The fraction of sp³-hybridized carbons (Fsp3) is 0. The molecule has 0 amide bonds. The van der Waals surface area contributed by atoms with Gasteiger partial charge in [-0.2, -0.15) is 5.10 Å². The Labute approximate surface area is 103 Å². The third-order valence-electron chi connectivity index (χ3n) is 2.92. The maximum Gasteiger partial charge on any atom is 0.187 e. The maximum atomic E-state index is 5.94. The lowest BCUT2D eigenvalue weighted by Gasteiger charge is -2.03. The highest BCUT2D eigenvalue weighted by molar-refractivity contribution is 6.35. The number of benzene rings is 1. The van der Waals surface area contributed by atoms with E-state index < -0.39 is 0 Å². The highest BCUT2D eigenvalue weighted by atomic mass is 15.2. The number of para-hydroxylation sites is 2. The van der Waals surface area contributed by atoms with Crippen molar-refractivity contribution in [1.29, 1.82) is 0 Å². The van der Waals surface area contributed by atoms with Crippen molar-refractivity contribution in [2.24, 2.45) is 0 Å². The van der Waals surface area contributed by atoms with Crippen molar-refractivity contribution in [3.8, 4) is 0 Å². The molecule has 0 saturated carbocycles.